The molecule has 1 atom stereocenters. The Morgan fingerprint density at radius 2 is 1.89 bits per heavy atom. The number of hydrogen-bond donors (Lipinski definition) is 1. The Morgan fingerprint density at radius 3 is 2.48 bits per heavy atom. The normalized spacial score (nSPS) is 17.6. The van der Waals surface area contributed by atoms with Gasteiger partial charge in [-0.25, -0.2) is 8.42 Å². The zero-order chi connectivity index (χ0) is 19.6. The molecule has 0 bridgehead atoms. The summed E-state index contributed by atoms with van der Waals surface area (Å²) in [5.74, 6) is -0.0336. The molecule has 1 aliphatic heterocycles. The number of nitrogens with one attached hydrogen (secondary N) is 1. The van der Waals surface area contributed by atoms with Gasteiger partial charge in [-0.1, -0.05) is 36.7 Å². The number of nitrogens with zero attached hydrogens (tertiary/aromatic N) is 1. The molecular formula is C19H23ClN2O3S2. The average molecular weight is 427 g/mol. The number of benzene rings is 1. The number of halogens is 1. The van der Waals surface area contributed by atoms with Gasteiger partial charge in [0, 0.05) is 24.7 Å². The van der Waals surface area contributed by atoms with E-state index in [4.69, 9.17) is 11.6 Å². The zero-order valence-electron chi connectivity index (χ0n) is 15.3. The fraction of sp³-hybridized carbons (Fsp3) is 0.421. The number of aryl methyl sites for hydroxylation is 1. The number of thiophene rings is 1. The lowest BCUT2D eigenvalue weighted by atomic mass is 9.85. The van der Waals surface area contributed by atoms with Crippen LogP contribution < -0.4 is 5.32 Å². The third-order valence-electron chi connectivity index (χ3n) is 5.16. The predicted octanol–water partition coefficient (Wildman–Crippen LogP) is 4.39. The van der Waals surface area contributed by atoms with Crippen LogP contribution in [-0.4, -0.2) is 31.7 Å². The summed E-state index contributed by atoms with van der Waals surface area (Å²) in [5, 5.41) is 2.99. The van der Waals surface area contributed by atoms with Crippen LogP contribution in [0.25, 0.3) is 0 Å². The molecule has 0 radical (unpaired) electrons. The minimum atomic E-state index is -3.50. The molecule has 3 rings (SSSR count). The first-order chi connectivity index (χ1) is 12.8. The quantitative estimate of drug-likeness (QED) is 0.771. The summed E-state index contributed by atoms with van der Waals surface area (Å²) >= 11 is 6.95. The van der Waals surface area contributed by atoms with Crippen molar-refractivity contribution in [2.75, 3.05) is 18.4 Å². The van der Waals surface area contributed by atoms with Gasteiger partial charge in [-0.2, -0.15) is 4.31 Å². The lowest BCUT2D eigenvalue weighted by Crippen LogP contribution is -2.41. The van der Waals surface area contributed by atoms with E-state index in [1.54, 1.807) is 12.1 Å². The maximum absolute atomic E-state index is 12.7. The van der Waals surface area contributed by atoms with Gasteiger partial charge in [0.25, 0.3) is 10.0 Å². The summed E-state index contributed by atoms with van der Waals surface area (Å²) in [6.45, 7) is 4.72. The van der Waals surface area contributed by atoms with Crippen molar-refractivity contribution in [2.24, 2.45) is 11.8 Å². The minimum absolute atomic E-state index is 0.0179. The summed E-state index contributed by atoms with van der Waals surface area (Å²) in [6.07, 6.45) is 1.33. The molecule has 1 unspecified atom stereocenters. The van der Waals surface area contributed by atoms with Crippen LogP contribution in [0.5, 0.6) is 0 Å². The Balaban J connectivity index is 1.60. The summed E-state index contributed by atoms with van der Waals surface area (Å²) in [5.41, 5.74) is 1.84. The third-order valence-corrected chi connectivity index (χ3v) is 8.76. The number of carbonyl (C=O) groups is 1. The van der Waals surface area contributed by atoms with Gasteiger partial charge in [0.1, 0.15) is 4.21 Å². The molecule has 2 aromatic rings. The van der Waals surface area contributed by atoms with E-state index < -0.39 is 10.0 Å². The second-order valence-electron chi connectivity index (χ2n) is 6.89. The molecule has 1 amide bonds. The maximum atomic E-state index is 12.7. The topological polar surface area (TPSA) is 66.5 Å². The minimum Gasteiger partial charge on any atom is -0.326 e. The van der Waals surface area contributed by atoms with Gasteiger partial charge in [0.2, 0.25) is 5.91 Å². The van der Waals surface area contributed by atoms with E-state index in [1.807, 2.05) is 38.1 Å². The molecule has 27 heavy (non-hydrogen) atoms. The highest BCUT2D eigenvalue weighted by molar-refractivity contribution is 7.91. The summed E-state index contributed by atoms with van der Waals surface area (Å²) in [7, 11) is -3.50. The van der Waals surface area contributed by atoms with Crippen LogP contribution in [0.15, 0.2) is 40.6 Å². The number of rotatable bonds is 5. The standard InChI is InChI=1S/C19H23ClN2O3S2/c1-13-5-3-4-6-16(13)21-19(23)14(2)15-9-11-22(12-10-15)27(24,25)18-8-7-17(20)26-18/h3-8,14-15H,9-12H2,1-2H3,(H,21,23). The first kappa shape index (κ1) is 20.3. The number of sulfonamides is 1. The van der Waals surface area contributed by atoms with Crippen molar-refractivity contribution >= 4 is 44.6 Å². The molecule has 1 aromatic carbocycles. The van der Waals surface area contributed by atoms with Crippen LogP contribution in [0.3, 0.4) is 0 Å². The summed E-state index contributed by atoms with van der Waals surface area (Å²) in [6, 6.07) is 10.8. The molecule has 1 fully saturated rings. The molecular weight excluding hydrogens is 404 g/mol. The molecule has 1 aliphatic rings. The van der Waals surface area contributed by atoms with Gasteiger partial charge >= 0.3 is 0 Å². The zero-order valence-corrected chi connectivity index (χ0v) is 17.7. The smallest absolute Gasteiger partial charge is 0.252 e. The molecule has 0 aliphatic carbocycles. The number of carbonyl (C=O) groups excluding carboxylic acids is 1. The Kier molecular flexibility index (Phi) is 6.25. The summed E-state index contributed by atoms with van der Waals surface area (Å²) in [4.78, 5) is 12.6. The van der Waals surface area contributed by atoms with Crippen molar-refractivity contribution in [1.82, 2.24) is 4.31 Å². The number of anilines is 1. The van der Waals surface area contributed by atoms with E-state index in [1.165, 1.54) is 4.31 Å². The lowest BCUT2D eigenvalue weighted by Gasteiger charge is -2.33. The van der Waals surface area contributed by atoms with Crippen molar-refractivity contribution in [3.63, 3.8) is 0 Å². The number of hydrogen-bond acceptors (Lipinski definition) is 4. The highest BCUT2D eigenvalue weighted by atomic mass is 35.5. The SMILES string of the molecule is Cc1ccccc1NC(=O)C(C)C1CCN(S(=O)(=O)c2ccc(Cl)s2)CC1. The van der Waals surface area contributed by atoms with Gasteiger partial charge in [-0.3, -0.25) is 4.79 Å². The third kappa shape index (κ3) is 4.54. The summed E-state index contributed by atoms with van der Waals surface area (Å²) < 4.78 is 27.6. The fourth-order valence-electron chi connectivity index (χ4n) is 3.35. The second-order valence-corrected chi connectivity index (χ2v) is 10.8. The largest absolute Gasteiger partial charge is 0.326 e. The first-order valence-corrected chi connectivity index (χ1v) is 11.5. The molecule has 1 aromatic heterocycles. The fourth-order valence-corrected chi connectivity index (χ4v) is 6.46. The Hall–Kier alpha value is -1.41. The monoisotopic (exact) mass is 426 g/mol. The number of amides is 1. The Labute approximate surface area is 169 Å². The number of piperidine rings is 1. The van der Waals surface area contributed by atoms with Crippen LogP contribution in [0.4, 0.5) is 5.69 Å². The van der Waals surface area contributed by atoms with Crippen molar-refractivity contribution in [3.8, 4) is 0 Å². The van der Waals surface area contributed by atoms with E-state index >= 15 is 0 Å². The predicted molar refractivity (Wildman–Crippen MR) is 110 cm³/mol. The van der Waals surface area contributed by atoms with E-state index in [0.29, 0.717) is 30.3 Å². The van der Waals surface area contributed by atoms with Gasteiger partial charge in [0.05, 0.1) is 4.34 Å². The van der Waals surface area contributed by atoms with Crippen LogP contribution in [0.2, 0.25) is 4.34 Å². The number of para-hydroxylation sites is 1. The van der Waals surface area contributed by atoms with Crippen molar-refractivity contribution < 1.29 is 13.2 Å². The highest BCUT2D eigenvalue weighted by Crippen LogP contribution is 2.32. The Bertz CT molecular complexity index is 919. The van der Waals surface area contributed by atoms with Gasteiger partial charge < -0.3 is 5.32 Å². The van der Waals surface area contributed by atoms with E-state index in [0.717, 1.165) is 22.6 Å². The molecule has 1 saturated heterocycles. The first-order valence-electron chi connectivity index (χ1n) is 8.91. The van der Waals surface area contributed by atoms with E-state index in [2.05, 4.69) is 5.32 Å². The molecule has 8 heteroatoms. The van der Waals surface area contributed by atoms with Crippen LogP contribution >= 0.6 is 22.9 Å². The van der Waals surface area contributed by atoms with Crippen molar-refractivity contribution in [3.05, 3.63) is 46.3 Å². The van der Waals surface area contributed by atoms with Crippen molar-refractivity contribution in [2.45, 2.75) is 30.9 Å². The molecule has 2 heterocycles. The molecule has 0 spiro atoms. The molecule has 1 N–H and O–H groups in total. The van der Waals surface area contributed by atoms with E-state index in [9.17, 15) is 13.2 Å². The van der Waals surface area contributed by atoms with Gasteiger partial charge in [-0.05, 0) is 49.4 Å². The second kappa shape index (κ2) is 8.31. The highest BCUT2D eigenvalue weighted by Gasteiger charge is 2.34. The van der Waals surface area contributed by atoms with Gasteiger partial charge in [-0.15, -0.1) is 11.3 Å². The Morgan fingerprint density at radius 1 is 1.22 bits per heavy atom. The van der Waals surface area contributed by atoms with Crippen LogP contribution in [0.1, 0.15) is 25.3 Å². The van der Waals surface area contributed by atoms with Gasteiger partial charge in [0.15, 0.2) is 0 Å². The maximum Gasteiger partial charge on any atom is 0.252 e. The average Bonchev–Trinajstić information content (AvgIpc) is 3.10. The van der Waals surface area contributed by atoms with Crippen molar-refractivity contribution in [1.29, 1.82) is 0 Å². The molecule has 146 valence electrons. The molecule has 5 nitrogen and oxygen atoms in total. The van der Waals surface area contributed by atoms with Crippen LogP contribution in [-0.2, 0) is 14.8 Å². The van der Waals surface area contributed by atoms with Crippen LogP contribution in [0, 0.1) is 18.8 Å². The molecule has 0 saturated carbocycles. The lowest BCUT2D eigenvalue weighted by molar-refractivity contribution is -0.121. The van der Waals surface area contributed by atoms with E-state index in [-0.39, 0.29) is 22.0 Å².